The molecule has 1 aromatic carbocycles. The summed E-state index contributed by atoms with van der Waals surface area (Å²) in [4.78, 5) is 41.9. The van der Waals surface area contributed by atoms with E-state index in [1.165, 1.54) is 9.44 Å². The number of carbonyl (C=O) groups excluding carboxylic acids is 1. The molecule has 0 saturated heterocycles. The molecule has 0 saturated carbocycles. The fourth-order valence-corrected chi connectivity index (χ4v) is 3.92. The summed E-state index contributed by atoms with van der Waals surface area (Å²) in [6.07, 6.45) is 0.153. The Balaban J connectivity index is 1.67. The molecular weight excluding hydrogens is 364 g/mol. The van der Waals surface area contributed by atoms with E-state index in [0.717, 1.165) is 0 Å². The molecule has 0 aliphatic rings. The first-order valence-corrected chi connectivity index (χ1v) is 9.53. The van der Waals surface area contributed by atoms with Crippen molar-refractivity contribution < 1.29 is 4.79 Å². The molecule has 1 amide bonds. The van der Waals surface area contributed by atoms with Crippen LogP contribution in [0.15, 0.2) is 51.4 Å². The molecule has 2 N–H and O–H groups in total. The Morgan fingerprint density at radius 1 is 1.22 bits per heavy atom. The van der Waals surface area contributed by atoms with Crippen molar-refractivity contribution in [3.8, 4) is 0 Å². The summed E-state index contributed by atoms with van der Waals surface area (Å²) in [5.41, 5.74) is -0.388. The number of aryl methyl sites for hydroxylation is 1. The molecule has 0 radical (unpaired) electrons. The average Bonchev–Trinajstić information content (AvgIpc) is 3.15. The van der Waals surface area contributed by atoms with Gasteiger partial charge in [0, 0.05) is 24.4 Å². The highest BCUT2D eigenvalue weighted by atomic mass is 32.1. The highest BCUT2D eigenvalue weighted by Crippen LogP contribution is 2.22. The third-order valence-electron chi connectivity index (χ3n) is 4.46. The van der Waals surface area contributed by atoms with E-state index in [-0.39, 0.29) is 24.9 Å². The minimum atomic E-state index is -0.503. The van der Waals surface area contributed by atoms with Crippen molar-refractivity contribution in [1.29, 1.82) is 0 Å². The number of thiophene rings is 1. The summed E-state index contributed by atoms with van der Waals surface area (Å²) in [6, 6.07) is 11.0. The third kappa shape index (κ3) is 4.35. The SMILES string of the molecule is CN(C)[C@@H](CNC(=O)CCn1c(=O)[nH]c(=O)c2ccccc21)c1cccs1. The van der Waals surface area contributed by atoms with Crippen molar-refractivity contribution >= 4 is 28.1 Å². The zero-order valence-corrected chi connectivity index (χ0v) is 16.1. The van der Waals surface area contributed by atoms with Crippen LogP contribution in [-0.2, 0) is 11.3 Å². The first kappa shape index (κ1) is 19.1. The Bertz CT molecular complexity index is 1040. The van der Waals surface area contributed by atoms with Gasteiger partial charge in [-0.15, -0.1) is 11.3 Å². The van der Waals surface area contributed by atoms with Gasteiger partial charge < -0.3 is 10.2 Å². The molecule has 0 aliphatic heterocycles. The normalized spacial score (nSPS) is 12.4. The minimum Gasteiger partial charge on any atom is -0.354 e. The van der Waals surface area contributed by atoms with E-state index < -0.39 is 11.2 Å². The number of aromatic amines is 1. The lowest BCUT2D eigenvalue weighted by molar-refractivity contribution is -0.121. The molecular formula is C19H22N4O3S. The fourth-order valence-electron chi connectivity index (χ4n) is 3.00. The molecule has 0 spiro atoms. The maximum absolute atomic E-state index is 12.3. The molecule has 2 heterocycles. The van der Waals surface area contributed by atoms with Crippen LogP contribution in [0.25, 0.3) is 10.9 Å². The summed E-state index contributed by atoms with van der Waals surface area (Å²) in [5.74, 6) is -0.138. The van der Waals surface area contributed by atoms with Gasteiger partial charge in [-0.25, -0.2) is 4.79 Å². The minimum absolute atomic E-state index is 0.102. The van der Waals surface area contributed by atoms with E-state index in [9.17, 15) is 14.4 Å². The van der Waals surface area contributed by atoms with Gasteiger partial charge >= 0.3 is 5.69 Å². The highest BCUT2D eigenvalue weighted by molar-refractivity contribution is 7.10. The Morgan fingerprint density at radius 2 is 2.00 bits per heavy atom. The van der Waals surface area contributed by atoms with E-state index in [1.807, 2.05) is 31.6 Å². The number of benzene rings is 1. The lowest BCUT2D eigenvalue weighted by Gasteiger charge is -2.23. The molecule has 0 bridgehead atoms. The monoisotopic (exact) mass is 386 g/mol. The second-order valence-corrected chi connectivity index (χ2v) is 7.46. The van der Waals surface area contributed by atoms with Gasteiger partial charge in [-0.2, -0.15) is 0 Å². The van der Waals surface area contributed by atoms with E-state index in [0.29, 0.717) is 17.4 Å². The summed E-state index contributed by atoms with van der Waals surface area (Å²) in [7, 11) is 3.95. The largest absolute Gasteiger partial charge is 0.354 e. The number of para-hydroxylation sites is 1. The zero-order valence-electron chi connectivity index (χ0n) is 15.3. The maximum atomic E-state index is 12.3. The number of fused-ring (bicyclic) bond motifs is 1. The number of aromatic nitrogens is 2. The number of hydrogen-bond acceptors (Lipinski definition) is 5. The van der Waals surface area contributed by atoms with Crippen LogP contribution < -0.4 is 16.6 Å². The fraction of sp³-hybridized carbons (Fsp3) is 0.316. The summed E-state index contributed by atoms with van der Waals surface area (Å²) in [6.45, 7) is 0.696. The van der Waals surface area contributed by atoms with Crippen LogP contribution in [0.4, 0.5) is 0 Å². The number of hydrogen-bond donors (Lipinski definition) is 2. The van der Waals surface area contributed by atoms with Crippen LogP contribution in [-0.4, -0.2) is 41.0 Å². The van der Waals surface area contributed by atoms with E-state index in [1.54, 1.807) is 35.6 Å². The molecule has 0 unspecified atom stereocenters. The predicted molar refractivity (Wildman–Crippen MR) is 107 cm³/mol. The van der Waals surface area contributed by atoms with Gasteiger partial charge in [0.2, 0.25) is 5.91 Å². The molecule has 2 aromatic heterocycles. The van der Waals surface area contributed by atoms with Crippen molar-refractivity contribution in [2.24, 2.45) is 0 Å². The molecule has 3 rings (SSSR count). The van der Waals surface area contributed by atoms with Gasteiger partial charge in [0.1, 0.15) is 0 Å². The number of nitrogens with zero attached hydrogens (tertiary/aromatic N) is 2. The summed E-state index contributed by atoms with van der Waals surface area (Å²) >= 11 is 1.65. The molecule has 142 valence electrons. The first-order valence-electron chi connectivity index (χ1n) is 8.65. The smallest absolute Gasteiger partial charge is 0.328 e. The van der Waals surface area contributed by atoms with Gasteiger partial charge in [0.05, 0.1) is 16.9 Å². The average molecular weight is 386 g/mol. The third-order valence-corrected chi connectivity index (χ3v) is 5.43. The van der Waals surface area contributed by atoms with Gasteiger partial charge in [-0.3, -0.25) is 19.1 Å². The lowest BCUT2D eigenvalue weighted by atomic mass is 10.2. The standard InChI is InChI=1S/C19H22N4O3S/c1-22(2)15(16-8-5-11-27-16)12-20-17(24)9-10-23-14-7-4-3-6-13(14)18(25)21-19(23)26/h3-8,11,15H,9-10,12H2,1-2H3,(H,20,24)(H,21,25,26)/t15-/m0/s1. The van der Waals surface area contributed by atoms with Crippen LogP contribution in [0.3, 0.4) is 0 Å². The van der Waals surface area contributed by atoms with Gasteiger partial charge in [0.15, 0.2) is 0 Å². The maximum Gasteiger partial charge on any atom is 0.328 e. The Labute approximate surface area is 160 Å². The Hall–Kier alpha value is -2.71. The number of H-pyrrole nitrogens is 1. The number of nitrogens with one attached hydrogen (secondary N) is 2. The zero-order chi connectivity index (χ0) is 19.4. The Kier molecular flexibility index (Phi) is 5.88. The second-order valence-electron chi connectivity index (χ2n) is 6.48. The Morgan fingerprint density at radius 3 is 2.70 bits per heavy atom. The molecule has 8 heteroatoms. The number of amides is 1. The van der Waals surface area contributed by atoms with Crippen LogP contribution in [0.1, 0.15) is 17.3 Å². The molecule has 1 atom stereocenters. The number of carbonyl (C=O) groups is 1. The molecule has 3 aromatic rings. The highest BCUT2D eigenvalue weighted by Gasteiger charge is 2.16. The van der Waals surface area contributed by atoms with E-state index in [4.69, 9.17) is 0 Å². The van der Waals surface area contributed by atoms with Crippen LogP contribution >= 0.6 is 11.3 Å². The van der Waals surface area contributed by atoms with Gasteiger partial charge in [-0.1, -0.05) is 18.2 Å². The summed E-state index contributed by atoms with van der Waals surface area (Å²) < 4.78 is 1.43. The lowest BCUT2D eigenvalue weighted by Crippen LogP contribution is -2.36. The molecule has 0 fully saturated rings. The molecule has 27 heavy (non-hydrogen) atoms. The predicted octanol–water partition coefficient (Wildman–Crippen LogP) is 1.56. The first-order chi connectivity index (χ1) is 13.0. The van der Waals surface area contributed by atoms with Crippen molar-refractivity contribution in [2.45, 2.75) is 19.0 Å². The van der Waals surface area contributed by atoms with Crippen molar-refractivity contribution in [1.82, 2.24) is 19.8 Å². The van der Waals surface area contributed by atoms with Gasteiger partial charge in [-0.05, 0) is 37.7 Å². The second kappa shape index (κ2) is 8.32. The molecule has 7 nitrogen and oxygen atoms in total. The van der Waals surface area contributed by atoms with Crippen LogP contribution in [0.2, 0.25) is 0 Å². The molecule has 0 aliphatic carbocycles. The summed E-state index contributed by atoms with van der Waals surface area (Å²) in [5, 5.41) is 5.39. The van der Waals surface area contributed by atoms with Gasteiger partial charge in [0.25, 0.3) is 5.56 Å². The topological polar surface area (TPSA) is 87.2 Å². The van der Waals surface area contributed by atoms with Crippen molar-refractivity contribution in [2.75, 3.05) is 20.6 Å². The van der Waals surface area contributed by atoms with E-state index >= 15 is 0 Å². The van der Waals surface area contributed by atoms with Crippen molar-refractivity contribution in [3.05, 3.63) is 67.5 Å². The van der Waals surface area contributed by atoms with Crippen molar-refractivity contribution in [3.63, 3.8) is 0 Å². The number of likely N-dealkylation sites (N-methyl/N-ethyl adjacent to an activating group) is 1. The van der Waals surface area contributed by atoms with Crippen LogP contribution in [0, 0.1) is 0 Å². The number of rotatable bonds is 7. The van der Waals surface area contributed by atoms with Crippen LogP contribution in [0.5, 0.6) is 0 Å². The quantitative estimate of drug-likeness (QED) is 0.645. The van der Waals surface area contributed by atoms with E-state index in [2.05, 4.69) is 15.2 Å².